The van der Waals surface area contributed by atoms with Gasteiger partial charge < -0.3 is 15.7 Å². The Balaban J connectivity index is 1.43. The zero-order valence-corrected chi connectivity index (χ0v) is 15.2. The third-order valence-electron chi connectivity index (χ3n) is 5.42. The lowest BCUT2D eigenvalue weighted by atomic mass is 10.0. The topological polar surface area (TPSA) is 128 Å². The molecule has 3 heterocycles. The number of hydrogen-bond donors (Lipinski definition) is 4. The third kappa shape index (κ3) is 3.44. The molecule has 0 radical (unpaired) electrons. The molecule has 2 saturated heterocycles. The summed E-state index contributed by atoms with van der Waals surface area (Å²) in [5.74, 6) is -2.01. The number of aliphatic hydroxyl groups excluding tert-OH is 1. The van der Waals surface area contributed by atoms with Gasteiger partial charge in [0.15, 0.2) is 0 Å². The minimum Gasteiger partial charge on any atom is -0.392 e. The molecule has 0 bridgehead atoms. The first-order valence-corrected chi connectivity index (χ1v) is 9.40. The molecule has 9 heteroatoms. The van der Waals surface area contributed by atoms with Crippen LogP contribution >= 0.6 is 0 Å². The molecule has 4 amide bonds. The van der Waals surface area contributed by atoms with E-state index in [0.717, 1.165) is 10.5 Å². The molecule has 0 aromatic heterocycles. The standard InChI is InChI=1S/C19H22N4O5/c24-12-6-11(21-9-12)8-20-7-10-1-2-13-14(5-10)19(28)23(18(13)27)15-3-4-16(25)22-17(15)26/h1-2,5,11-12,15,20-21,24H,3-4,6-9H2,(H,22,25,26)/t11-,12+,15?/m1/s1. The second kappa shape index (κ2) is 7.42. The maximum atomic E-state index is 12.8. The molecule has 1 aromatic carbocycles. The lowest BCUT2D eigenvalue weighted by molar-refractivity contribution is -0.136. The lowest BCUT2D eigenvalue weighted by Crippen LogP contribution is -2.54. The number of carbonyl (C=O) groups is 4. The minimum absolute atomic E-state index is 0.100. The molecule has 3 aliphatic rings. The van der Waals surface area contributed by atoms with Gasteiger partial charge in [-0.1, -0.05) is 6.07 Å². The van der Waals surface area contributed by atoms with Crippen LogP contribution in [0.15, 0.2) is 18.2 Å². The molecule has 4 rings (SSSR count). The van der Waals surface area contributed by atoms with E-state index in [2.05, 4.69) is 16.0 Å². The Morgan fingerprint density at radius 2 is 1.93 bits per heavy atom. The maximum absolute atomic E-state index is 12.8. The Hall–Kier alpha value is -2.62. The highest BCUT2D eigenvalue weighted by molar-refractivity contribution is 6.23. The summed E-state index contributed by atoms with van der Waals surface area (Å²) in [6, 6.07) is 4.31. The number of nitrogens with one attached hydrogen (secondary N) is 3. The van der Waals surface area contributed by atoms with Crippen molar-refractivity contribution in [3.8, 4) is 0 Å². The molecule has 1 unspecified atom stereocenters. The number of amides is 4. The van der Waals surface area contributed by atoms with Crippen molar-refractivity contribution in [3.63, 3.8) is 0 Å². The second-order valence-corrected chi connectivity index (χ2v) is 7.45. The highest BCUT2D eigenvalue weighted by Crippen LogP contribution is 2.28. The second-order valence-electron chi connectivity index (χ2n) is 7.45. The monoisotopic (exact) mass is 386 g/mol. The van der Waals surface area contributed by atoms with Crippen LogP contribution in [0.3, 0.4) is 0 Å². The quantitative estimate of drug-likeness (QED) is 0.473. The average Bonchev–Trinajstić information content (AvgIpc) is 3.17. The molecule has 2 fully saturated rings. The number of piperidine rings is 1. The molecule has 9 nitrogen and oxygen atoms in total. The number of fused-ring (bicyclic) bond motifs is 1. The number of nitrogens with zero attached hydrogens (tertiary/aromatic N) is 1. The van der Waals surface area contributed by atoms with Crippen molar-refractivity contribution in [1.29, 1.82) is 0 Å². The van der Waals surface area contributed by atoms with Crippen LogP contribution in [-0.2, 0) is 16.1 Å². The zero-order valence-electron chi connectivity index (χ0n) is 15.2. The average molecular weight is 386 g/mol. The lowest BCUT2D eigenvalue weighted by Gasteiger charge is -2.27. The van der Waals surface area contributed by atoms with E-state index in [9.17, 15) is 24.3 Å². The summed E-state index contributed by atoms with van der Waals surface area (Å²) in [4.78, 5) is 49.8. The fourth-order valence-electron chi connectivity index (χ4n) is 3.97. The van der Waals surface area contributed by atoms with Gasteiger partial charge in [-0.25, -0.2) is 0 Å². The first-order chi connectivity index (χ1) is 13.4. The number of carbonyl (C=O) groups excluding carboxylic acids is 4. The number of rotatable bonds is 5. The Bertz CT molecular complexity index is 855. The van der Waals surface area contributed by atoms with Gasteiger partial charge in [0.1, 0.15) is 6.04 Å². The molecule has 0 aliphatic carbocycles. The van der Waals surface area contributed by atoms with Crippen LogP contribution in [0.25, 0.3) is 0 Å². The summed E-state index contributed by atoms with van der Waals surface area (Å²) in [7, 11) is 0. The van der Waals surface area contributed by atoms with E-state index in [-0.39, 0.29) is 36.1 Å². The molecule has 0 saturated carbocycles. The van der Waals surface area contributed by atoms with Crippen molar-refractivity contribution in [2.24, 2.45) is 0 Å². The molecule has 148 valence electrons. The van der Waals surface area contributed by atoms with Crippen molar-refractivity contribution >= 4 is 23.6 Å². The first-order valence-electron chi connectivity index (χ1n) is 9.40. The summed E-state index contributed by atoms with van der Waals surface area (Å²) in [5.41, 5.74) is 1.41. The Morgan fingerprint density at radius 1 is 1.14 bits per heavy atom. The summed E-state index contributed by atoms with van der Waals surface area (Å²) in [6.45, 7) is 1.79. The van der Waals surface area contributed by atoms with Crippen LogP contribution < -0.4 is 16.0 Å². The molecule has 28 heavy (non-hydrogen) atoms. The largest absolute Gasteiger partial charge is 0.392 e. The van der Waals surface area contributed by atoms with Gasteiger partial charge in [-0.15, -0.1) is 0 Å². The van der Waals surface area contributed by atoms with E-state index < -0.39 is 29.7 Å². The van der Waals surface area contributed by atoms with Gasteiger partial charge in [0.25, 0.3) is 11.8 Å². The molecule has 4 N–H and O–H groups in total. The zero-order chi connectivity index (χ0) is 19.8. The van der Waals surface area contributed by atoms with E-state index in [1.807, 2.05) is 0 Å². The summed E-state index contributed by atoms with van der Waals surface area (Å²) >= 11 is 0. The van der Waals surface area contributed by atoms with E-state index in [1.54, 1.807) is 18.2 Å². The number of aliphatic hydroxyl groups is 1. The van der Waals surface area contributed by atoms with Crippen LogP contribution in [0, 0.1) is 0 Å². The van der Waals surface area contributed by atoms with Crippen LogP contribution in [-0.4, -0.2) is 64.9 Å². The number of benzene rings is 1. The van der Waals surface area contributed by atoms with Crippen molar-refractivity contribution in [1.82, 2.24) is 20.9 Å². The van der Waals surface area contributed by atoms with Crippen molar-refractivity contribution in [2.45, 2.75) is 44.0 Å². The summed E-state index contributed by atoms with van der Waals surface area (Å²) in [6.07, 6.45) is 0.632. The van der Waals surface area contributed by atoms with Crippen LogP contribution in [0.5, 0.6) is 0 Å². The SMILES string of the molecule is O=C1CCC(N2C(=O)c3ccc(CNC[C@H]4C[C@H](O)CN4)cc3C2=O)C(=O)N1. The van der Waals surface area contributed by atoms with E-state index in [0.29, 0.717) is 26.1 Å². The van der Waals surface area contributed by atoms with Gasteiger partial charge in [0.2, 0.25) is 11.8 Å². The molecule has 0 spiro atoms. The number of hydrogen-bond acceptors (Lipinski definition) is 7. The number of imide groups is 2. The van der Waals surface area contributed by atoms with E-state index in [4.69, 9.17) is 0 Å². The molecule has 3 aliphatic heterocycles. The Kier molecular flexibility index (Phi) is 4.96. The van der Waals surface area contributed by atoms with Gasteiger partial charge in [-0.2, -0.15) is 0 Å². The fourth-order valence-corrected chi connectivity index (χ4v) is 3.97. The summed E-state index contributed by atoms with van der Waals surface area (Å²) < 4.78 is 0. The highest BCUT2D eigenvalue weighted by Gasteiger charge is 2.44. The predicted molar refractivity (Wildman–Crippen MR) is 97.2 cm³/mol. The minimum atomic E-state index is -0.952. The van der Waals surface area contributed by atoms with Crippen molar-refractivity contribution in [3.05, 3.63) is 34.9 Å². The van der Waals surface area contributed by atoms with Crippen LogP contribution in [0.1, 0.15) is 45.5 Å². The van der Waals surface area contributed by atoms with Crippen LogP contribution in [0.4, 0.5) is 0 Å². The molecular formula is C19H22N4O5. The van der Waals surface area contributed by atoms with Gasteiger partial charge in [-0.3, -0.25) is 29.4 Å². The Labute approximate surface area is 161 Å². The normalized spacial score (nSPS) is 27.3. The fraction of sp³-hybridized carbons (Fsp3) is 0.474. The van der Waals surface area contributed by atoms with E-state index in [1.165, 1.54) is 0 Å². The van der Waals surface area contributed by atoms with Crippen molar-refractivity contribution < 1.29 is 24.3 Å². The number of β-amino-alcohol motifs (C(OH)–C–C–N with tert-alkyl or cyclic N) is 1. The smallest absolute Gasteiger partial charge is 0.262 e. The predicted octanol–water partition coefficient (Wildman–Crippen LogP) is -1.10. The first kappa shape index (κ1) is 18.7. The Morgan fingerprint density at radius 3 is 2.64 bits per heavy atom. The van der Waals surface area contributed by atoms with Crippen molar-refractivity contribution in [2.75, 3.05) is 13.1 Å². The third-order valence-corrected chi connectivity index (χ3v) is 5.42. The van der Waals surface area contributed by atoms with Crippen LogP contribution in [0.2, 0.25) is 0 Å². The summed E-state index contributed by atoms with van der Waals surface area (Å²) in [5, 5.41) is 18.2. The van der Waals surface area contributed by atoms with E-state index >= 15 is 0 Å². The van der Waals surface area contributed by atoms with Gasteiger partial charge in [0.05, 0.1) is 17.2 Å². The van der Waals surface area contributed by atoms with Gasteiger partial charge in [-0.05, 0) is 30.5 Å². The molecule has 1 aromatic rings. The molecule has 3 atom stereocenters. The highest BCUT2D eigenvalue weighted by atomic mass is 16.3. The van der Waals surface area contributed by atoms with Gasteiger partial charge >= 0.3 is 0 Å². The van der Waals surface area contributed by atoms with Gasteiger partial charge in [0, 0.05) is 32.1 Å². The molecular weight excluding hydrogens is 364 g/mol. The maximum Gasteiger partial charge on any atom is 0.262 e.